The Labute approximate surface area is 229 Å². The number of ether oxygens (including phenoxy) is 2. The second-order valence-corrected chi connectivity index (χ2v) is 9.70. The summed E-state index contributed by atoms with van der Waals surface area (Å²) in [6, 6.07) is 15.3. The largest absolute Gasteiger partial charge is 0.858 e. The van der Waals surface area contributed by atoms with Gasteiger partial charge in [-0.3, -0.25) is 9.59 Å². The molecule has 0 unspecified atom stereocenters. The number of aromatic nitrogens is 3. The number of nitrogens with zero attached hydrogens (tertiary/aromatic N) is 4. The van der Waals surface area contributed by atoms with Crippen LogP contribution in [-0.4, -0.2) is 28.4 Å². The lowest BCUT2D eigenvalue weighted by molar-refractivity contribution is -0.577. The van der Waals surface area contributed by atoms with Gasteiger partial charge in [-0.2, -0.15) is 9.67 Å². The van der Waals surface area contributed by atoms with Crippen molar-refractivity contribution in [2.45, 2.75) is 26.7 Å². The van der Waals surface area contributed by atoms with Gasteiger partial charge < -0.3 is 14.6 Å². The van der Waals surface area contributed by atoms with Crippen molar-refractivity contribution in [2.75, 3.05) is 11.7 Å². The lowest BCUT2D eigenvalue weighted by atomic mass is 10.0. The fraction of sp³-hybridized carbons (Fsp3) is 0.172. The van der Waals surface area contributed by atoms with E-state index in [-0.39, 0.29) is 23.6 Å². The second-order valence-electron chi connectivity index (χ2n) is 9.26. The first kappa shape index (κ1) is 24.7. The summed E-state index contributed by atoms with van der Waals surface area (Å²) in [5, 5.41) is 19.0. The Bertz CT molecular complexity index is 1690. The molecule has 2 amide bonds. The summed E-state index contributed by atoms with van der Waals surface area (Å²) < 4.78 is 13.7. The maximum atomic E-state index is 14.2. The van der Waals surface area contributed by atoms with Gasteiger partial charge in [0.25, 0.3) is 11.6 Å². The molecule has 0 saturated heterocycles. The molecule has 0 spiro atoms. The number of hydrogen-bond donors (Lipinski definition) is 0. The maximum absolute atomic E-state index is 14.2. The molecule has 4 heterocycles. The molecular formula is C29H23ClN4O5. The van der Waals surface area contributed by atoms with Crippen molar-refractivity contribution in [1.82, 2.24) is 9.78 Å². The average Bonchev–Trinajstić information content (AvgIpc) is 3.58. The van der Waals surface area contributed by atoms with Crippen molar-refractivity contribution in [3.8, 4) is 23.1 Å². The van der Waals surface area contributed by atoms with Gasteiger partial charge in [0.2, 0.25) is 6.79 Å². The van der Waals surface area contributed by atoms with Crippen LogP contribution in [0.25, 0.3) is 17.0 Å². The summed E-state index contributed by atoms with van der Waals surface area (Å²) in [6.07, 6.45) is 4.53. The zero-order chi connectivity index (χ0) is 27.3. The number of aryl methyl sites for hydroxylation is 2. The number of imide groups is 1. The fourth-order valence-corrected chi connectivity index (χ4v) is 5.05. The second kappa shape index (κ2) is 9.59. The number of carbonyl (C=O) groups is 2. The number of rotatable bonds is 6. The number of benzene rings is 2. The molecule has 2 aliphatic rings. The molecule has 0 bridgehead atoms. The van der Waals surface area contributed by atoms with Crippen molar-refractivity contribution >= 4 is 40.4 Å². The van der Waals surface area contributed by atoms with Crippen LogP contribution in [0.5, 0.6) is 17.4 Å². The van der Waals surface area contributed by atoms with Crippen molar-refractivity contribution in [3.05, 3.63) is 88.8 Å². The summed E-state index contributed by atoms with van der Waals surface area (Å²) in [5.74, 6) is -0.745. The summed E-state index contributed by atoms with van der Waals surface area (Å²) in [5.41, 5.74) is 2.24. The van der Waals surface area contributed by atoms with Gasteiger partial charge in [0, 0.05) is 28.3 Å². The Morgan fingerprint density at radius 1 is 1.03 bits per heavy atom. The van der Waals surface area contributed by atoms with Gasteiger partial charge in [-0.05, 0) is 55.6 Å². The highest BCUT2D eigenvalue weighted by Crippen LogP contribution is 2.42. The molecule has 6 rings (SSSR count). The molecule has 0 aliphatic carbocycles. The topological polar surface area (TPSA) is 101 Å². The summed E-state index contributed by atoms with van der Waals surface area (Å²) >= 11 is 6.19. The van der Waals surface area contributed by atoms with E-state index < -0.39 is 17.7 Å². The van der Waals surface area contributed by atoms with Crippen LogP contribution in [-0.2, 0) is 16.0 Å². The van der Waals surface area contributed by atoms with E-state index in [9.17, 15) is 14.7 Å². The molecule has 0 atom stereocenters. The number of anilines is 1. The highest BCUT2D eigenvalue weighted by atomic mass is 35.5. The third-order valence-electron chi connectivity index (χ3n) is 6.59. The first-order chi connectivity index (χ1) is 18.9. The van der Waals surface area contributed by atoms with Crippen molar-refractivity contribution in [3.63, 3.8) is 0 Å². The average molecular weight is 543 g/mol. The van der Waals surface area contributed by atoms with E-state index in [1.807, 2.05) is 19.9 Å². The van der Waals surface area contributed by atoms with Crippen molar-refractivity contribution in [2.24, 2.45) is 0 Å². The molecule has 0 fully saturated rings. The SMILES string of the molecule is CCCc1nn(-c2cccc(Cl)c2)c([O-])c1C1=C([n+]2cccc(C)c2)C(=O)N(c2ccc3c(c2)OCO3)C1=O. The predicted molar refractivity (Wildman–Crippen MR) is 142 cm³/mol. The van der Waals surface area contributed by atoms with Crippen LogP contribution >= 0.6 is 11.6 Å². The molecule has 10 heteroatoms. The molecule has 2 aliphatic heterocycles. The number of pyridine rings is 1. The van der Waals surface area contributed by atoms with Gasteiger partial charge >= 0.3 is 5.91 Å². The molecule has 2 aromatic heterocycles. The quantitative estimate of drug-likeness (QED) is 0.271. The number of carbonyl (C=O) groups excluding carboxylic acids is 2. The zero-order valence-electron chi connectivity index (χ0n) is 21.2. The lowest BCUT2D eigenvalue weighted by Crippen LogP contribution is -2.39. The molecule has 0 saturated carbocycles. The third-order valence-corrected chi connectivity index (χ3v) is 6.82. The van der Waals surface area contributed by atoms with Crippen LogP contribution < -0.4 is 24.0 Å². The standard InChI is InChI=1S/C29H23ClN4O5/c1-3-6-21-24(28(36)34(31-21)20-9-4-8-18(30)13-20)25-26(32-12-5-7-17(2)15-32)29(37)33(27(25)35)19-10-11-22-23(14-19)39-16-38-22/h4-5,7-15H,3,6,16H2,1-2H3. The maximum Gasteiger partial charge on any atom is 0.331 e. The number of amides is 2. The van der Waals surface area contributed by atoms with Crippen molar-refractivity contribution in [1.29, 1.82) is 0 Å². The highest BCUT2D eigenvalue weighted by molar-refractivity contribution is 6.53. The Morgan fingerprint density at radius 2 is 1.85 bits per heavy atom. The predicted octanol–water partition coefficient (Wildman–Crippen LogP) is 3.82. The van der Waals surface area contributed by atoms with Crippen LogP contribution in [0, 0.1) is 6.92 Å². The molecule has 196 valence electrons. The summed E-state index contributed by atoms with van der Waals surface area (Å²) in [6.45, 7) is 3.89. The first-order valence-corrected chi connectivity index (χ1v) is 12.8. The van der Waals surface area contributed by atoms with Gasteiger partial charge in [-0.1, -0.05) is 31.0 Å². The van der Waals surface area contributed by atoms with Gasteiger partial charge in [0.15, 0.2) is 23.9 Å². The molecule has 0 N–H and O–H groups in total. The van der Waals surface area contributed by atoms with E-state index in [4.69, 9.17) is 21.1 Å². The minimum Gasteiger partial charge on any atom is -0.858 e. The molecule has 9 nitrogen and oxygen atoms in total. The molecule has 4 aromatic rings. The van der Waals surface area contributed by atoms with Crippen LogP contribution in [0.1, 0.15) is 30.2 Å². The molecule has 39 heavy (non-hydrogen) atoms. The number of fused-ring (bicyclic) bond motifs is 1. The van der Waals surface area contributed by atoms with E-state index in [0.29, 0.717) is 46.4 Å². The first-order valence-electron chi connectivity index (χ1n) is 12.4. The van der Waals surface area contributed by atoms with Crippen LogP contribution in [0.2, 0.25) is 5.02 Å². The zero-order valence-corrected chi connectivity index (χ0v) is 21.9. The molecule has 2 aromatic carbocycles. The van der Waals surface area contributed by atoms with E-state index in [2.05, 4.69) is 5.10 Å². The van der Waals surface area contributed by atoms with Gasteiger partial charge in [0.05, 0.1) is 17.1 Å². The Kier molecular flexibility index (Phi) is 6.07. The van der Waals surface area contributed by atoms with E-state index in [1.54, 1.807) is 65.5 Å². The van der Waals surface area contributed by atoms with Gasteiger partial charge in [-0.15, -0.1) is 0 Å². The third kappa shape index (κ3) is 4.11. The van der Waals surface area contributed by atoms with E-state index >= 15 is 0 Å². The summed E-state index contributed by atoms with van der Waals surface area (Å²) in [7, 11) is 0. The van der Waals surface area contributed by atoms with Crippen LogP contribution in [0.4, 0.5) is 5.69 Å². The highest BCUT2D eigenvalue weighted by Gasteiger charge is 2.48. The number of hydrogen-bond acceptors (Lipinski definition) is 6. The molecular weight excluding hydrogens is 520 g/mol. The smallest absolute Gasteiger partial charge is 0.331 e. The van der Waals surface area contributed by atoms with Crippen molar-refractivity contribution < 1.29 is 28.7 Å². The normalized spacial score (nSPS) is 14.6. The van der Waals surface area contributed by atoms with E-state index in [0.717, 1.165) is 10.5 Å². The monoisotopic (exact) mass is 542 g/mol. The Morgan fingerprint density at radius 3 is 2.62 bits per heavy atom. The van der Waals surface area contributed by atoms with Crippen LogP contribution in [0.3, 0.4) is 0 Å². The minimum absolute atomic E-state index is 0.00463. The summed E-state index contributed by atoms with van der Waals surface area (Å²) in [4.78, 5) is 29.2. The molecule has 0 radical (unpaired) electrons. The Balaban J connectivity index is 1.58. The minimum atomic E-state index is -0.622. The van der Waals surface area contributed by atoms with Gasteiger partial charge in [-0.25, -0.2) is 9.58 Å². The van der Waals surface area contributed by atoms with Gasteiger partial charge in [0.1, 0.15) is 5.57 Å². The van der Waals surface area contributed by atoms with Crippen LogP contribution in [0.15, 0.2) is 67.0 Å². The Hall–Kier alpha value is -4.63. The number of halogens is 1. The van der Waals surface area contributed by atoms with E-state index in [1.165, 1.54) is 4.68 Å². The fourth-order valence-electron chi connectivity index (χ4n) is 4.87. The lowest BCUT2D eigenvalue weighted by Gasteiger charge is -2.16.